The van der Waals surface area contributed by atoms with E-state index in [9.17, 15) is 19.8 Å². The molecule has 3 N–H and O–H groups in total. The summed E-state index contributed by atoms with van der Waals surface area (Å²) in [5.41, 5.74) is 2.05. The normalized spacial score (nSPS) is 18.0. The maximum Gasteiger partial charge on any atom is 0.334 e. The molecule has 0 saturated carbocycles. The summed E-state index contributed by atoms with van der Waals surface area (Å²) in [5.74, 6) is -2.95. The van der Waals surface area contributed by atoms with Crippen molar-refractivity contribution < 1.29 is 19.8 Å². The van der Waals surface area contributed by atoms with Crippen molar-refractivity contribution in [2.24, 2.45) is 0 Å². The van der Waals surface area contributed by atoms with Crippen molar-refractivity contribution in [1.82, 2.24) is 5.32 Å². The minimum Gasteiger partial charge on any atom is -0.481 e. The Bertz CT molecular complexity index is 752. The summed E-state index contributed by atoms with van der Waals surface area (Å²) in [6, 6.07) is 4.92. The van der Waals surface area contributed by atoms with Crippen LogP contribution in [-0.4, -0.2) is 22.2 Å². The lowest BCUT2D eigenvalue weighted by Crippen LogP contribution is -2.29. The number of benzene rings is 1. The Morgan fingerprint density at radius 3 is 2.39 bits per heavy atom. The zero-order valence-corrected chi connectivity index (χ0v) is 14.0. The Balaban J connectivity index is 2.72. The number of nitrogens with one attached hydrogen (secondary N) is 1. The highest BCUT2D eigenvalue weighted by Crippen LogP contribution is 2.43. The van der Waals surface area contributed by atoms with Gasteiger partial charge in [0.15, 0.2) is 0 Å². The van der Waals surface area contributed by atoms with E-state index >= 15 is 0 Å². The fraction of sp³-hybridized carbons (Fsp3) is 0.250. The molecule has 0 spiro atoms. The molecule has 0 amide bonds. The second-order valence-corrected chi connectivity index (χ2v) is 6.05. The summed E-state index contributed by atoms with van der Waals surface area (Å²) in [6.45, 7) is 3.35. The van der Waals surface area contributed by atoms with Crippen molar-refractivity contribution in [2.75, 3.05) is 0 Å². The van der Waals surface area contributed by atoms with Crippen LogP contribution in [0.1, 0.15) is 31.7 Å². The van der Waals surface area contributed by atoms with Crippen LogP contribution >= 0.6 is 23.2 Å². The van der Waals surface area contributed by atoms with Crippen LogP contribution in [0, 0.1) is 0 Å². The fourth-order valence-electron chi connectivity index (χ4n) is 2.80. The van der Waals surface area contributed by atoms with E-state index in [0.29, 0.717) is 22.5 Å². The van der Waals surface area contributed by atoms with E-state index in [1.54, 1.807) is 32.0 Å². The summed E-state index contributed by atoms with van der Waals surface area (Å²) in [4.78, 5) is 23.0. The predicted octanol–water partition coefficient (Wildman–Crippen LogP) is 3.79. The third kappa shape index (κ3) is 3.35. The maximum atomic E-state index is 11.7. The minimum absolute atomic E-state index is 0.0658. The largest absolute Gasteiger partial charge is 0.481 e. The summed E-state index contributed by atoms with van der Waals surface area (Å²) >= 11 is 12.3. The molecule has 2 rings (SSSR count). The van der Waals surface area contributed by atoms with E-state index in [-0.39, 0.29) is 22.0 Å². The number of hydrogen-bond donors (Lipinski definition) is 3. The molecule has 0 radical (unpaired) electrons. The number of halogens is 2. The average molecular weight is 356 g/mol. The molecule has 0 fully saturated rings. The number of rotatable bonds is 4. The molecule has 7 heteroatoms. The van der Waals surface area contributed by atoms with Gasteiger partial charge in [-0.1, -0.05) is 35.3 Å². The van der Waals surface area contributed by atoms with Gasteiger partial charge in [-0.2, -0.15) is 0 Å². The third-order valence-electron chi connectivity index (χ3n) is 3.76. The maximum absolute atomic E-state index is 11.7. The summed E-state index contributed by atoms with van der Waals surface area (Å²) in [5, 5.41) is 22.2. The van der Waals surface area contributed by atoms with Gasteiger partial charge in [-0.25, -0.2) is 4.79 Å². The van der Waals surface area contributed by atoms with Crippen molar-refractivity contribution in [1.29, 1.82) is 0 Å². The molecule has 1 aromatic carbocycles. The molecule has 1 heterocycles. The highest BCUT2D eigenvalue weighted by molar-refractivity contribution is 6.42. The Labute approximate surface area is 143 Å². The number of carboxylic acid groups (broad SMARTS) is 2. The molecular formula is C16H15Cl2NO4. The van der Waals surface area contributed by atoms with Crippen molar-refractivity contribution in [3.05, 3.63) is 56.3 Å². The molecule has 1 atom stereocenters. The van der Waals surface area contributed by atoms with Gasteiger partial charge in [0.05, 0.1) is 22.0 Å². The van der Waals surface area contributed by atoms with Crippen LogP contribution in [0.5, 0.6) is 0 Å². The Hall–Kier alpha value is -1.98. The van der Waals surface area contributed by atoms with E-state index in [1.807, 2.05) is 0 Å². The molecule has 0 unspecified atom stereocenters. The smallest absolute Gasteiger partial charge is 0.334 e. The minimum atomic E-state index is -1.13. The first-order valence-electron chi connectivity index (χ1n) is 6.80. The monoisotopic (exact) mass is 355 g/mol. The molecule has 0 saturated heterocycles. The molecule has 0 aromatic heterocycles. The van der Waals surface area contributed by atoms with Crippen molar-refractivity contribution >= 4 is 35.1 Å². The lowest BCUT2D eigenvalue weighted by Gasteiger charge is -2.31. The van der Waals surface area contributed by atoms with Crippen LogP contribution < -0.4 is 5.32 Å². The van der Waals surface area contributed by atoms with E-state index in [0.717, 1.165) is 0 Å². The van der Waals surface area contributed by atoms with Crippen molar-refractivity contribution in [3.8, 4) is 0 Å². The molecule has 0 aliphatic carbocycles. The van der Waals surface area contributed by atoms with Crippen molar-refractivity contribution in [2.45, 2.75) is 26.2 Å². The van der Waals surface area contributed by atoms with Gasteiger partial charge in [0.2, 0.25) is 0 Å². The molecule has 1 aliphatic heterocycles. The molecule has 122 valence electrons. The quantitative estimate of drug-likeness (QED) is 0.764. The van der Waals surface area contributed by atoms with E-state index in [4.69, 9.17) is 23.2 Å². The molecular weight excluding hydrogens is 341 g/mol. The standard InChI is InChI=1S/C16H15Cl2NO4/c1-7-10(6-12(20)21)14(13(16(22)23)8(2)19-7)9-4-3-5-11(17)15(9)18/h3-5,14,19H,6H2,1-2H3,(H,20,21)(H,22,23)/t14-/m1/s1. The number of carboxylic acids is 2. The summed E-state index contributed by atoms with van der Waals surface area (Å²) in [7, 11) is 0. The number of dihydropyridines is 1. The van der Waals surface area contributed by atoms with Gasteiger partial charge in [0.25, 0.3) is 0 Å². The van der Waals surface area contributed by atoms with Crippen LogP contribution in [0.2, 0.25) is 10.0 Å². The lowest BCUT2D eigenvalue weighted by atomic mass is 9.79. The Morgan fingerprint density at radius 2 is 1.83 bits per heavy atom. The molecule has 5 nitrogen and oxygen atoms in total. The number of allylic oxidation sites excluding steroid dienone is 2. The Kier molecular flexibility index (Phi) is 5.02. The highest BCUT2D eigenvalue weighted by atomic mass is 35.5. The van der Waals surface area contributed by atoms with Crippen LogP contribution in [0.4, 0.5) is 0 Å². The van der Waals surface area contributed by atoms with Crippen molar-refractivity contribution in [3.63, 3.8) is 0 Å². The van der Waals surface area contributed by atoms with Crippen LogP contribution in [0.25, 0.3) is 0 Å². The zero-order chi connectivity index (χ0) is 17.3. The van der Waals surface area contributed by atoms with Gasteiger partial charge in [-0.3, -0.25) is 4.79 Å². The highest BCUT2D eigenvalue weighted by Gasteiger charge is 2.35. The fourth-order valence-corrected chi connectivity index (χ4v) is 3.22. The lowest BCUT2D eigenvalue weighted by molar-refractivity contribution is -0.137. The van der Waals surface area contributed by atoms with Crippen LogP contribution in [-0.2, 0) is 9.59 Å². The van der Waals surface area contributed by atoms with Crippen LogP contribution in [0.15, 0.2) is 40.7 Å². The van der Waals surface area contributed by atoms with Gasteiger partial charge in [0.1, 0.15) is 0 Å². The van der Waals surface area contributed by atoms with Gasteiger partial charge in [0, 0.05) is 17.3 Å². The first kappa shape index (κ1) is 17.4. The molecule has 0 bridgehead atoms. The number of aliphatic carboxylic acids is 2. The van der Waals surface area contributed by atoms with Gasteiger partial charge in [-0.05, 0) is 31.1 Å². The molecule has 1 aliphatic rings. The zero-order valence-electron chi connectivity index (χ0n) is 12.5. The van der Waals surface area contributed by atoms with E-state index < -0.39 is 17.9 Å². The van der Waals surface area contributed by atoms with Gasteiger partial charge in [-0.15, -0.1) is 0 Å². The van der Waals surface area contributed by atoms with Gasteiger partial charge >= 0.3 is 11.9 Å². The number of carbonyl (C=O) groups is 2. The summed E-state index contributed by atoms with van der Waals surface area (Å²) in [6.07, 6.45) is -0.295. The SMILES string of the molecule is CC1=C(CC(=O)O)[C@@H](c2cccc(Cl)c2Cl)C(C(=O)O)=C(C)N1. The second-order valence-electron chi connectivity index (χ2n) is 5.27. The third-order valence-corrected chi connectivity index (χ3v) is 4.60. The van der Waals surface area contributed by atoms with E-state index in [2.05, 4.69) is 5.32 Å². The van der Waals surface area contributed by atoms with Crippen LogP contribution in [0.3, 0.4) is 0 Å². The molecule has 1 aromatic rings. The first-order valence-corrected chi connectivity index (χ1v) is 7.56. The van der Waals surface area contributed by atoms with E-state index in [1.165, 1.54) is 0 Å². The molecule has 23 heavy (non-hydrogen) atoms. The first-order chi connectivity index (χ1) is 10.7. The predicted molar refractivity (Wildman–Crippen MR) is 87.6 cm³/mol. The van der Waals surface area contributed by atoms with Gasteiger partial charge < -0.3 is 15.5 Å². The topological polar surface area (TPSA) is 86.6 Å². The Morgan fingerprint density at radius 1 is 1.17 bits per heavy atom. The summed E-state index contributed by atoms with van der Waals surface area (Å²) < 4.78 is 0. The average Bonchev–Trinajstić information content (AvgIpc) is 2.44. The second kappa shape index (κ2) is 6.64. The number of hydrogen-bond acceptors (Lipinski definition) is 3.